The van der Waals surface area contributed by atoms with Crippen LogP contribution in [0.25, 0.3) is 0 Å². The van der Waals surface area contributed by atoms with Crippen molar-refractivity contribution in [2.45, 2.75) is 51.0 Å². The van der Waals surface area contributed by atoms with Crippen molar-refractivity contribution in [3.05, 3.63) is 35.7 Å². The molecule has 10 nitrogen and oxygen atoms in total. The fourth-order valence-corrected chi connectivity index (χ4v) is 4.75. The maximum Gasteiger partial charge on any atom is 0.238 e. The van der Waals surface area contributed by atoms with E-state index in [0.29, 0.717) is 36.7 Å². The smallest absolute Gasteiger partial charge is 0.238 e. The number of hydrogen-bond donors (Lipinski definition) is 2. The number of carbonyl (C=O) groups is 2. The van der Waals surface area contributed by atoms with Crippen LogP contribution in [0.3, 0.4) is 0 Å². The van der Waals surface area contributed by atoms with Gasteiger partial charge in [-0.3, -0.25) is 14.6 Å². The van der Waals surface area contributed by atoms with Crippen molar-refractivity contribution in [1.82, 2.24) is 19.8 Å². The summed E-state index contributed by atoms with van der Waals surface area (Å²) in [7, 11) is 5.63. The number of methoxy groups -OCH3 is 1. The molecule has 2 aliphatic rings. The van der Waals surface area contributed by atoms with Gasteiger partial charge >= 0.3 is 0 Å². The molecule has 2 aromatic rings. The molecule has 2 aliphatic heterocycles. The Balaban J connectivity index is 1.58. The highest BCUT2D eigenvalue weighted by atomic mass is 16.5. The molecule has 0 spiro atoms. The Bertz CT molecular complexity index is 1140. The van der Waals surface area contributed by atoms with Gasteiger partial charge in [-0.15, -0.1) is 0 Å². The van der Waals surface area contributed by atoms with Gasteiger partial charge in [0, 0.05) is 44.9 Å². The minimum atomic E-state index is -0.603. The average molecular weight is 508 g/mol. The van der Waals surface area contributed by atoms with Gasteiger partial charge < -0.3 is 25.2 Å². The first-order valence-electron chi connectivity index (χ1n) is 13.0. The Morgan fingerprint density at radius 2 is 1.81 bits per heavy atom. The zero-order valence-electron chi connectivity index (χ0n) is 22.0. The Labute approximate surface area is 218 Å². The number of nitrogens with one attached hydrogen (secondary N) is 2. The molecule has 1 atom stereocenters. The van der Waals surface area contributed by atoms with Crippen molar-refractivity contribution in [3.63, 3.8) is 0 Å². The predicted octanol–water partition coefficient (Wildman–Crippen LogP) is 3.58. The van der Waals surface area contributed by atoms with E-state index in [4.69, 9.17) is 4.74 Å². The summed E-state index contributed by atoms with van der Waals surface area (Å²) in [5.74, 6) is 1.31. The van der Waals surface area contributed by atoms with Crippen molar-refractivity contribution in [3.8, 4) is 5.75 Å². The van der Waals surface area contributed by atoms with Crippen molar-refractivity contribution in [2.75, 3.05) is 51.5 Å². The van der Waals surface area contributed by atoms with E-state index in [1.807, 2.05) is 25.2 Å². The van der Waals surface area contributed by atoms with Crippen LogP contribution < -0.4 is 15.4 Å². The molecule has 2 N–H and O–H groups in total. The highest BCUT2D eigenvalue weighted by molar-refractivity contribution is 6.13. The summed E-state index contributed by atoms with van der Waals surface area (Å²) in [5.41, 5.74) is 2.49. The molecule has 3 heterocycles. The summed E-state index contributed by atoms with van der Waals surface area (Å²) in [4.78, 5) is 42.6. The zero-order valence-corrected chi connectivity index (χ0v) is 22.0. The van der Waals surface area contributed by atoms with Crippen LogP contribution in [0.5, 0.6) is 5.75 Å². The molecule has 0 saturated carbocycles. The lowest BCUT2D eigenvalue weighted by molar-refractivity contribution is -0.130. The number of ether oxygens (including phenoxy) is 1. The molecular formula is C27H37N7O3. The second-order valence-electron chi connectivity index (χ2n) is 9.72. The van der Waals surface area contributed by atoms with E-state index in [9.17, 15) is 9.59 Å². The van der Waals surface area contributed by atoms with Crippen LogP contribution in [-0.4, -0.2) is 78.6 Å². The third-order valence-corrected chi connectivity index (χ3v) is 6.86. The van der Waals surface area contributed by atoms with Gasteiger partial charge in [0.2, 0.25) is 11.8 Å². The van der Waals surface area contributed by atoms with Crippen molar-refractivity contribution >= 4 is 35.4 Å². The minimum absolute atomic E-state index is 0.181. The molecule has 4 rings (SSSR count). The number of benzene rings is 1. The van der Waals surface area contributed by atoms with Crippen molar-refractivity contribution in [2.24, 2.45) is 4.99 Å². The van der Waals surface area contributed by atoms with Crippen LogP contribution in [0.2, 0.25) is 0 Å². The molecule has 1 aromatic carbocycles. The number of nitrogens with zero attached hydrogens (tertiary/aromatic N) is 5. The number of rotatable bonds is 1. The van der Waals surface area contributed by atoms with Gasteiger partial charge in [-0.1, -0.05) is 12.8 Å². The fourth-order valence-electron chi connectivity index (χ4n) is 4.75. The third kappa shape index (κ3) is 6.82. The molecule has 0 radical (unpaired) electrons. The second kappa shape index (κ2) is 12.6. The lowest BCUT2D eigenvalue weighted by Crippen LogP contribution is -2.28. The first-order chi connectivity index (χ1) is 18.0. The lowest BCUT2D eigenvalue weighted by atomic mass is 10.0. The van der Waals surface area contributed by atoms with Crippen LogP contribution in [0.4, 0.5) is 17.3 Å². The van der Waals surface area contributed by atoms with Gasteiger partial charge in [-0.2, -0.15) is 0 Å². The summed E-state index contributed by atoms with van der Waals surface area (Å²) >= 11 is 0. The summed E-state index contributed by atoms with van der Waals surface area (Å²) < 4.78 is 5.59. The molecule has 0 fully saturated rings. The number of fused-ring (bicyclic) bond motifs is 2. The monoisotopic (exact) mass is 507 g/mol. The summed E-state index contributed by atoms with van der Waals surface area (Å²) in [6, 6.07) is 5.82. The molecule has 198 valence electrons. The topological polar surface area (TPSA) is 112 Å². The molecule has 0 saturated heterocycles. The van der Waals surface area contributed by atoms with E-state index < -0.39 is 5.92 Å². The number of carbonyl (C=O) groups excluding carboxylic acids is 2. The SMILES string of the molecule is COc1ccc2cc1CN(C)CCCCCCC(=O)N(C)CCCNc1ncnc3c1C(C=N2)C(=O)N3. The van der Waals surface area contributed by atoms with Gasteiger partial charge in [0.1, 0.15) is 29.6 Å². The Kier molecular flexibility index (Phi) is 9.05. The van der Waals surface area contributed by atoms with E-state index in [1.165, 1.54) is 6.33 Å². The summed E-state index contributed by atoms with van der Waals surface area (Å²) in [5, 5.41) is 6.17. The van der Waals surface area contributed by atoms with Crippen molar-refractivity contribution < 1.29 is 14.3 Å². The maximum atomic E-state index is 12.8. The second-order valence-corrected chi connectivity index (χ2v) is 9.72. The summed E-state index contributed by atoms with van der Waals surface area (Å²) in [6.07, 6.45) is 8.58. The predicted molar refractivity (Wildman–Crippen MR) is 145 cm³/mol. The molecular weight excluding hydrogens is 470 g/mol. The Morgan fingerprint density at radius 3 is 2.65 bits per heavy atom. The van der Waals surface area contributed by atoms with Gasteiger partial charge in [-0.05, 0) is 51.1 Å². The van der Waals surface area contributed by atoms with Crippen LogP contribution in [0.15, 0.2) is 29.5 Å². The van der Waals surface area contributed by atoms with E-state index in [1.54, 1.807) is 18.2 Å². The Morgan fingerprint density at radius 1 is 1.00 bits per heavy atom. The number of hydrogen-bond acceptors (Lipinski definition) is 8. The van der Waals surface area contributed by atoms with Gasteiger partial charge in [0.05, 0.1) is 18.4 Å². The number of anilines is 2. The average Bonchev–Trinajstić information content (AvgIpc) is 3.22. The number of aliphatic imine (C=N–C) groups is 1. The van der Waals surface area contributed by atoms with E-state index in [-0.39, 0.29) is 11.8 Å². The van der Waals surface area contributed by atoms with Crippen LogP contribution >= 0.6 is 0 Å². The normalized spacial score (nSPS) is 20.3. The quantitative estimate of drug-likeness (QED) is 0.607. The summed E-state index contributed by atoms with van der Waals surface area (Å²) in [6.45, 7) is 2.96. The fraction of sp³-hybridized carbons (Fsp3) is 0.519. The van der Waals surface area contributed by atoms with Gasteiger partial charge in [0.15, 0.2) is 0 Å². The van der Waals surface area contributed by atoms with E-state index in [0.717, 1.165) is 62.2 Å². The molecule has 1 aromatic heterocycles. The molecule has 1 unspecified atom stereocenters. The zero-order chi connectivity index (χ0) is 26.2. The highest BCUT2D eigenvalue weighted by Gasteiger charge is 2.33. The molecule has 37 heavy (non-hydrogen) atoms. The first-order valence-corrected chi connectivity index (χ1v) is 13.0. The van der Waals surface area contributed by atoms with Crippen LogP contribution in [0, 0.1) is 0 Å². The molecule has 0 aliphatic carbocycles. The number of aromatic nitrogens is 2. The molecule has 2 amide bonds. The molecule has 2 bridgehead atoms. The van der Waals surface area contributed by atoms with Gasteiger partial charge in [-0.25, -0.2) is 9.97 Å². The van der Waals surface area contributed by atoms with Crippen molar-refractivity contribution in [1.29, 1.82) is 0 Å². The minimum Gasteiger partial charge on any atom is -0.496 e. The maximum absolute atomic E-state index is 12.8. The van der Waals surface area contributed by atoms with Crippen LogP contribution in [-0.2, 0) is 16.1 Å². The largest absolute Gasteiger partial charge is 0.496 e. The number of amides is 2. The van der Waals surface area contributed by atoms with E-state index >= 15 is 0 Å². The Hall–Kier alpha value is -3.53. The molecule has 10 heteroatoms. The lowest BCUT2D eigenvalue weighted by Gasteiger charge is -2.19. The third-order valence-electron chi connectivity index (χ3n) is 6.86. The first kappa shape index (κ1) is 26.5. The highest BCUT2D eigenvalue weighted by Crippen LogP contribution is 2.35. The van der Waals surface area contributed by atoms with Gasteiger partial charge in [0.25, 0.3) is 0 Å². The van der Waals surface area contributed by atoms with E-state index in [2.05, 4.69) is 37.5 Å². The van der Waals surface area contributed by atoms with Crippen LogP contribution in [0.1, 0.15) is 55.6 Å². The standard InChI is InChI=1S/C27H37N7O3/c1-33-13-7-5-4-6-9-23(35)34(2)14-8-12-28-25-24-21(27(36)32-26(24)31-18-30-25)16-29-20-10-11-22(37-3)19(15-20)17-33/h10-11,15-16,18,21H,4-9,12-14,17H2,1-3H3,(H2,28,30,31,32,36).